The van der Waals surface area contributed by atoms with Gasteiger partial charge in [-0.3, -0.25) is 14.6 Å². The van der Waals surface area contributed by atoms with Crippen LogP contribution in [0.15, 0.2) is 54.9 Å². The van der Waals surface area contributed by atoms with Crippen molar-refractivity contribution < 1.29 is 18.3 Å². The summed E-state index contributed by atoms with van der Waals surface area (Å²) in [6.45, 7) is 4.41. The lowest BCUT2D eigenvalue weighted by Gasteiger charge is -2.42. The maximum atomic E-state index is 15.1. The molecule has 7 rings (SSSR count). The highest BCUT2D eigenvalue weighted by molar-refractivity contribution is 5.83. The van der Waals surface area contributed by atoms with E-state index in [2.05, 4.69) is 25.5 Å². The van der Waals surface area contributed by atoms with Crippen molar-refractivity contribution in [3.8, 4) is 5.69 Å². The number of nitrogens with one attached hydrogen (secondary N) is 2. The largest absolute Gasteiger partial charge is 0.379 e. The molecule has 3 saturated heterocycles. The van der Waals surface area contributed by atoms with Crippen LogP contribution in [0.25, 0.3) is 16.7 Å². The second kappa shape index (κ2) is 11.4. The summed E-state index contributed by atoms with van der Waals surface area (Å²) < 4.78 is 37.2. The van der Waals surface area contributed by atoms with Crippen molar-refractivity contribution in [1.82, 2.24) is 29.7 Å². The van der Waals surface area contributed by atoms with Crippen molar-refractivity contribution in [2.24, 2.45) is 0 Å². The highest BCUT2D eigenvalue weighted by Gasteiger charge is 2.36. The Morgan fingerprint density at radius 2 is 1.81 bits per heavy atom. The Morgan fingerprint density at radius 1 is 1.02 bits per heavy atom. The van der Waals surface area contributed by atoms with E-state index in [1.54, 1.807) is 17.0 Å². The van der Waals surface area contributed by atoms with Gasteiger partial charge in [-0.15, -0.1) is 0 Å². The van der Waals surface area contributed by atoms with Gasteiger partial charge in [0.2, 0.25) is 11.9 Å². The number of benzene rings is 2. The molecule has 0 aliphatic carbocycles. The number of ether oxygens (including phenoxy) is 1. The van der Waals surface area contributed by atoms with E-state index in [9.17, 15) is 4.79 Å². The summed E-state index contributed by atoms with van der Waals surface area (Å²) in [5.74, 6) is -0.696. The number of morpholine rings is 1. The number of piperidine rings is 1. The van der Waals surface area contributed by atoms with Gasteiger partial charge in [-0.1, -0.05) is 18.6 Å². The number of anilines is 2. The third-order valence-corrected chi connectivity index (χ3v) is 8.54. The van der Waals surface area contributed by atoms with Crippen molar-refractivity contribution in [1.29, 1.82) is 0 Å². The van der Waals surface area contributed by atoms with Gasteiger partial charge in [-0.2, -0.15) is 4.98 Å². The van der Waals surface area contributed by atoms with Gasteiger partial charge >= 0.3 is 0 Å². The summed E-state index contributed by atoms with van der Waals surface area (Å²) in [7, 11) is 0. The summed E-state index contributed by atoms with van der Waals surface area (Å²) in [5, 5.41) is 7.16. The number of halogens is 2. The quantitative estimate of drug-likeness (QED) is 0.356. The molecule has 0 radical (unpaired) electrons. The maximum absolute atomic E-state index is 15.1. The summed E-state index contributed by atoms with van der Waals surface area (Å²) in [5.41, 5.74) is 2.78. The van der Waals surface area contributed by atoms with Crippen LogP contribution in [-0.2, 0) is 16.1 Å². The lowest BCUT2D eigenvalue weighted by Crippen LogP contribution is -2.57. The number of hydrogen-bond acceptors (Lipinski definition) is 7. The zero-order valence-corrected chi connectivity index (χ0v) is 23.2. The van der Waals surface area contributed by atoms with Crippen molar-refractivity contribution in [3.05, 3.63) is 77.6 Å². The molecule has 0 spiro atoms. The Balaban J connectivity index is 1.08. The highest BCUT2D eigenvalue weighted by atomic mass is 19.1. The van der Waals surface area contributed by atoms with E-state index < -0.39 is 11.6 Å². The summed E-state index contributed by atoms with van der Waals surface area (Å²) >= 11 is 0. The first kappa shape index (κ1) is 26.9. The minimum absolute atomic E-state index is 0.00275. The van der Waals surface area contributed by atoms with Crippen molar-refractivity contribution in [2.75, 3.05) is 44.7 Å². The molecule has 11 heteroatoms. The average molecular weight is 574 g/mol. The summed E-state index contributed by atoms with van der Waals surface area (Å²) in [6, 6.07) is 12.4. The molecule has 3 aliphatic heterocycles. The van der Waals surface area contributed by atoms with Gasteiger partial charge in [0.05, 0.1) is 31.0 Å². The van der Waals surface area contributed by atoms with Crippen LogP contribution in [0.3, 0.4) is 0 Å². The molecule has 218 valence electrons. The van der Waals surface area contributed by atoms with Gasteiger partial charge in [0.1, 0.15) is 17.3 Å². The summed E-state index contributed by atoms with van der Waals surface area (Å²) in [6.07, 6.45) is 6.59. The Hall–Kier alpha value is -3.93. The molecule has 2 unspecified atom stereocenters. The zero-order valence-electron chi connectivity index (χ0n) is 23.2. The average Bonchev–Trinajstić information content (AvgIpc) is 3.43. The van der Waals surface area contributed by atoms with Gasteiger partial charge in [-0.25, -0.2) is 13.8 Å². The van der Waals surface area contributed by atoms with Crippen molar-refractivity contribution in [3.63, 3.8) is 0 Å². The third-order valence-electron chi connectivity index (χ3n) is 8.54. The SMILES string of the molecule is O=C1NC(c2ccc(Nc3ncc4ccn(-c5cc(F)c(CN6CCOCC6)c(F)c5)c4n3)cc2)CN2CCCCC12. The van der Waals surface area contributed by atoms with Gasteiger partial charge in [-0.05, 0) is 55.3 Å². The maximum Gasteiger partial charge on any atom is 0.237 e. The third kappa shape index (κ3) is 5.35. The molecule has 9 nitrogen and oxygen atoms in total. The minimum atomic E-state index is -0.587. The normalized spacial score (nSPS) is 21.7. The first-order valence-electron chi connectivity index (χ1n) is 14.6. The number of carbonyl (C=O) groups excluding carboxylic acids is 1. The number of carbonyl (C=O) groups is 1. The smallest absolute Gasteiger partial charge is 0.237 e. The van der Waals surface area contributed by atoms with Crippen LogP contribution >= 0.6 is 0 Å². The first-order chi connectivity index (χ1) is 20.5. The van der Waals surface area contributed by atoms with Gasteiger partial charge in [0.15, 0.2) is 0 Å². The Kier molecular flexibility index (Phi) is 7.31. The molecule has 3 aliphatic rings. The summed E-state index contributed by atoms with van der Waals surface area (Å²) in [4.78, 5) is 26.0. The minimum Gasteiger partial charge on any atom is -0.379 e. The molecule has 3 fully saturated rings. The van der Waals surface area contributed by atoms with E-state index in [4.69, 9.17) is 4.74 Å². The fourth-order valence-corrected chi connectivity index (χ4v) is 6.22. The van der Waals surface area contributed by atoms with E-state index in [1.165, 1.54) is 12.1 Å². The molecule has 2 aromatic carbocycles. The van der Waals surface area contributed by atoms with Gasteiger partial charge < -0.3 is 19.9 Å². The lowest BCUT2D eigenvalue weighted by atomic mass is 9.95. The fourth-order valence-electron chi connectivity index (χ4n) is 6.22. The topological polar surface area (TPSA) is 87.5 Å². The molecular formula is C31H33F2N7O2. The van der Waals surface area contributed by atoms with Crippen molar-refractivity contribution >= 4 is 28.6 Å². The van der Waals surface area contributed by atoms with E-state index in [0.29, 0.717) is 43.6 Å². The molecule has 2 aromatic heterocycles. The molecule has 2 atom stereocenters. The van der Waals surface area contributed by atoms with E-state index in [0.717, 1.165) is 49.0 Å². The molecular weight excluding hydrogens is 540 g/mol. The molecule has 5 heterocycles. The van der Waals surface area contributed by atoms with Crippen LogP contribution in [0.2, 0.25) is 0 Å². The number of piperazine rings is 1. The van der Waals surface area contributed by atoms with E-state index in [-0.39, 0.29) is 30.1 Å². The monoisotopic (exact) mass is 573 g/mol. The number of aromatic nitrogens is 3. The molecule has 4 aromatic rings. The fraction of sp³-hybridized carbons (Fsp3) is 0.387. The molecule has 0 saturated carbocycles. The number of fused-ring (bicyclic) bond motifs is 2. The number of hydrogen-bond donors (Lipinski definition) is 2. The van der Waals surface area contributed by atoms with E-state index >= 15 is 8.78 Å². The van der Waals surface area contributed by atoms with Gasteiger partial charge in [0, 0.05) is 55.2 Å². The zero-order chi connectivity index (χ0) is 28.6. The molecule has 2 N–H and O–H groups in total. The van der Waals surface area contributed by atoms with Crippen LogP contribution in [0.1, 0.15) is 36.4 Å². The predicted molar refractivity (Wildman–Crippen MR) is 155 cm³/mol. The van der Waals surface area contributed by atoms with Gasteiger partial charge in [0.25, 0.3) is 0 Å². The Labute approximate surface area is 242 Å². The second-order valence-electron chi connectivity index (χ2n) is 11.2. The van der Waals surface area contributed by atoms with Crippen LogP contribution in [0.5, 0.6) is 0 Å². The number of rotatable bonds is 6. The highest BCUT2D eigenvalue weighted by Crippen LogP contribution is 2.28. The van der Waals surface area contributed by atoms with Crippen LogP contribution < -0.4 is 10.6 Å². The van der Waals surface area contributed by atoms with Crippen molar-refractivity contribution in [2.45, 2.75) is 37.9 Å². The molecule has 1 amide bonds. The second-order valence-corrected chi connectivity index (χ2v) is 11.2. The van der Waals surface area contributed by atoms with E-state index in [1.807, 2.05) is 35.2 Å². The number of nitrogens with zero attached hydrogens (tertiary/aromatic N) is 5. The van der Waals surface area contributed by atoms with Crippen LogP contribution in [0, 0.1) is 11.6 Å². The molecule has 0 bridgehead atoms. The standard InChI is InChI=1S/C31H33F2N7O2/c32-25-15-23(16-26(33)24(25)18-38-11-13-42-14-12-38)40-10-8-21-17-34-31(37-29(21)40)35-22-6-4-20(5-7-22)27-19-39-9-2-1-3-28(39)30(41)36-27/h4-8,10,15-17,27-28H,1-3,9,11-14,18-19H2,(H,36,41)(H,34,35,37). The van der Waals surface area contributed by atoms with Crippen LogP contribution in [-0.4, -0.2) is 75.7 Å². The predicted octanol–water partition coefficient (Wildman–Crippen LogP) is 4.30. The lowest BCUT2D eigenvalue weighted by molar-refractivity contribution is -0.132. The Bertz CT molecular complexity index is 1580. The number of amides is 1. The Morgan fingerprint density at radius 3 is 2.60 bits per heavy atom. The van der Waals surface area contributed by atoms with Crippen LogP contribution in [0.4, 0.5) is 20.4 Å². The first-order valence-corrected chi connectivity index (χ1v) is 14.6. The molecule has 42 heavy (non-hydrogen) atoms.